The fraction of sp³-hybridized carbons (Fsp3) is 0.263. The largest absolute Gasteiger partial charge is 0.494 e. The first-order valence-electron chi connectivity index (χ1n) is 8.34. The van der Waals surface area contributed by atoms with Crippen LogP contribution in [0.25, 0.3) is 0 Å². The van der Waals surface area contributed by atoms with Gasteiger partial charge in [-0.15, -0.1) is 11.8 Å². The van der Waals surface area contributed by atoms with E-state index in [4.69, 9.17) is 9.47 Å². The molecule has 0 aromatic heterocycles. The number of rotatable bonds is 8. The summed E-state index contributed by atoms with van der Waals surface area (Å²) in [5, 5.41) is 0. The number of halogens is 1. The fourth-order valence-corrected chi connectivity index (χ4v) is 2.69. The van der Waals surface area contributed by atoms with Crippen molar-refractivity contribution in [2.75, 3.05) is 12.4 Å². The van der Waals surface area contributed by atoms with Crippen LogP contribution in [0.3, 0.4) is 0 Å². The molecule has 0 aliphatic heterocycles. The molecular formula is C19H21FN2O4S. The second-order valence-corrected chi connectivity index (χ2v) is 6.49. The van der Waals surface area contributed by atoms with Gasteiger partial charge in [0.25, 0.3) is 5.91 Å². The summed E-state index contributed by atoms with van der Waals surface area (Å²) in [5.74, 6) is 0.0124. The molecule has 2 rings (SSSR count). The van der Waals surface area contributed by atoms with Crippen LogP contribution in [0.4, 0.5) is 4.39 Å². The van der Waals surface area contributed by atoms with E-state index in [-0.39, 0.29) is 11.7 Å². The molecule has 0 fully saturated rings. The molecule has 0 saturated carbocycles. The van der Waals surface area contributed by atoms with Crippen molar-refractivity contribution in [1.82, 2.24) is 10.9 Å². The van der Waals surface area contributed by atoms with Crippen LogP contribution in [0.1, 0.15) is 13.8 Å². The lowest BCUT2D eigenvalue weighted by Crippen LogP contribution is -2.47. The minimum atomic E-state index is -0.852. The van der Waals surface area contributed by atoms with Gasteiger partial charge in [-0.05, 0) is 62.4 Å². The highest BCUT2D eigenvalue weighted by Gasteiger charge is 2.15. The maximum Gasteiger partial charge on any atom is 0.279 e. The van der Waals surface area contributed by atoms with Crippen LogP contribution in [0.5, 0.6) is 11.5 Å². The van der Waals surface area contributed by atoms with Crippen LogP contribution < -0.4 is 20.3 Å². The maximum absolute atomic E-state index is 12.9. The Morgan fingerprint density at radius 1 is 1.04 bits per heavy atom. The van der Waals surface area contributed by atoms with Crippen molar-refractivity contribution in [2.24, 2.45) is 0 Å². The molecule has 0 aliphatic rings. The summed E-state index contributed by atoms with van der Waals surface area (Å²) in [5.41, 5.74) is 4.64. The zero-order chi connectivity index (χ0) is 19.6. The molecule has 2 N–H and O–H groups in total. The van der Waals surface area contributed by atoms with Gasteiger partial charge in [0.2, 0.25) is 5.91 Å². The van der Waals surface area contributed by atoms with Gasteiger partial charge < -0.3 is 9.47 Å². The Kier molecular flexibility index (Phi) is 7.94. The number of nitrogens with one attached hydrogen (secondary N) is 2. The van der Waals surface area contributed by atoms with Gasteiger partial charge in [0, 0.05) is 4.90 Å². The van der Waals surface area contributed by atoms with Crippen LogP contribution in [0, 0.1) is 5.82 Å². The van der Waals surface area contributed by atoms with Crippen LogP contribution in [0.15, 0.2) is 53.4 Å². The quantitative estimate of drug-likeness (QED) is 0.534. The molecule has 0 saturated heterocycles. The van der Waals surface area contributed by atoms with Crippen molar-refractivity contribution in [3.63, 3.8) is 0 Å². The van der Waals surface area contributed by atoms with E-state index in [0.717, 1.165) is 10.6 Å². The van der Waals surface area contributed by atoms with E-state index < -0.39 is 17.8 Å². The highest BCUT2D eigenvalue weighted by atomic mass is 32.2. The number of amides is 2. The molecule has 2 amide bonds. The molecule has 0 radical (unpaired) electrons. The highest BCUT2D eigenvalue weighted by Crippen LogP contribution is 2.21. The Morgan fingerprint density at radius 2 is 1.67 bits per heavy atom. The van der Waals surface area contributed by atoms with Gasteiger partial charge in [0.1, 0.15) is 17.3 Å². The average molecular weight is 392 g/mol. The van der Waals surface area contributed by atoms with Gasteiger partial charge in [0.15, 0.2) is 6.10 Å². The minimum absolute atomic E-state index is 0.140. The summed E-state index contributed by atoms with van der Waals surface area (Å²) in [6.45, 7) is 4.03. The molecule has 0 spiro atoms. The smallest absolute Gasteiger partial charge is 0.279 e. The fourth-order valence-electron chi connectivity index (χ4n) is 1.99. The third-order valence-corrected chi connectivity index (χ3v) is 4.34. The number of hydrazine groups is 1. The van der Waals surface area contributed by atoms with Crippen LogP contribution in [-0.2, 0) is 9.59 Å². The van der Waals surface area contributed by atoms with E-state index in [2.05, 4.69) is 10.9 Å². The van der Waals surface area contributed by atoms with E-state index in [1.54, 1.807) is 0 Å². The number of hydrogen-bond donors (Lipinski definition) is 2. The molecule has 144 valence electrons. The Bertz CT molecular complexity index is 753. The summed E-state index contributed by atoms with van der Waals surface area (Å²) in [6.07, 6.45) is -0.852. The number of benzene rings is 2. The van der Waals surface area contributed by atoms with Crippen molar-refractivity contribution < 1.29 is 23.5 Å². The summed E-state index contributed by atoms with van der Waals surface area (Å²) >= 11 is 1.33. The Balaban J connectivity index is 1.70. The molecule has 27 heavy (non-hydrogen) atoms. The molecule has 0 bridgehead atoms. The van der Waals surface area contributed by atoms with E-state index in [9.17, 15) is 14.0 Å². The number of carbonyl (C=O) groups excluding carboxylic acids is 2. The van der Waals surface area contributed by atoms with Gasteiger partial charge in [-0.1, -0.05) is 0 Å². The molecule has 2 aromatic rings. The summed E-state index contributed by atoms with van der Waals surface area (Å²) in [7, 11) is 0. The first-order chi connectivity index (χ1) is 13.0. The Morgan fingerprint density at radius 3 is 2.30 bits per heavy atom. The van der Waals surface area contributed by atoms with Gasteiger partial charge in [0.05, 0.1) is 12.4 Å². The van der Waals surface area contributed by atoms with Crippen molar-refractivity contribution in [2.45, 2.75) is 24.8 Å². The normalized spacial score (nSPS) is 11.4. The Labute approximate surface area is 161 Å². The molecular weight excluding hydrogens is 371 g/mol. The van der Waals surface area contributed by atoms with Crippen molar-refractivity contribution >= 4 is 23.6 Å². The number of carbonyl (C=O) groups is 2. The molecule has 6 nitrogen and oxygen atoms in total. The van der Waals surface area contributed by atoms with Crippen LogP contribution in [0.2, 0.25) is 0 Å². The standard InChI is InChI=1S/C19H21FN2O4S/c1-3-25-15-8-10-17(11-9-15)27-12-18(23)21-22-19(24)13(2)26-16-6-4-14(20)5-7-16/h4-11,13H,3,12H2,1-2H3,(H,21,23)(H,22,24)/t13-/m0/s1. The third-order valence-electron chi connectivity index (χ3n) is 3.33. The molecule has 0 unspecified atom stereocenters. The summed E-state index contributed by atoms with van der Waals surface area (Å²) in [4.78, 5) is 24.7. The van der Waals surface area contributed by atoms with Gasteiger partial charge >= 0.3 is 0 Å². The lowest BCUT2D eigenvalue weighted by atomic mass is 10.3. The van der Waals surface area contributed by atoms with E-state index in [0.29, 0.717) is 12.4 Å². The van der Waals surface area contributed by atoms with E-state index in [1.807, 2.05) is 31.2 Å². The first-order valence-corrected chi connectivity index (χ1v) is 9.33. The molecule has 8 heteroatoms. The van der Waals surface area contributed by atoms with Gasteiger partial charge in [-0.25, -0.2) is 4.39 Å². The average Bonchev–Trinajstić information content (AvgIpc) is 2.67. The lowest BCUT2D eigenvalue weighted by molar-refractivity contribution is -0.131. The second kappa shape index (κ2) is 10.4. The maximum atomic E-state index is 12.9. The summed E-state index contributed by atoms with van der Waals surface area (Å²) in [6, 6.07) is 12.7. The molecule has 2 aromatic carbocycles. The van der Waals surface area contributed by atoms with Crippen molar-refractivity contribution in [3.8, 4) is 11.5 Å². The second-order valence-electron chi connectivity index (χ2n) is 5.44. The topological polar surface area (TPSA) is 76.7 Å². The van der Waals surface area contributed by atoms with E-state index >= 15 is 0 Å². The van der Waals surface area contributed by atoms with Crippen molar-refractivity contribution in [1.29, 1.82) is 0 Å². The molecule has 1 atom stereocenters. The summed E-state index contributed by atoms with van der Waals surface area (Å²) < 4.78 is 23.6. The monoisotopic (exact) mass is 392 g/mol. The molecule has 0 aliphatic carbocycles. The lowest BCUT2D eigenvalue weighted by Gasteiger charge is -2.15. The number of hydrogen-bond acceptors (Lipinski definition) is 5. The highest BCUT2D eigenvalue weighted by molar-refractivity contribution is 8.00. The zero-order valence-electron chi connectivity index (χ0n) is 15.0. The SMILES string of the molecule is CCOc1ccc(SCC(=O)NNC(=O)[C@H](C)Oc2ccc(F)cc2)cc1. The number of thioether (sulfide) groups is 1. The predicted molar refractivity (Wildman–Crippen MR) is 101 cm³/mol. The van der Waals surface area contributed by atoms with Gasteiger partial charge in [-0.3, -0.25) is 20.4 Å². The van der Waals surface area contributed by atoms with E-state index in [1.165, 1.54) is 43.0 Å². The van der Waals surface area contributed by atoms with Crippen LogP contribution in [-0.4, -0.2) is 30.3 Å². The third kappa shape index (κ3) is 7.18. The minimum Gasteiger partial charge on any atom is -0.494 e. The Hall–Kier alpha value is -2.74. The molecule has 0 heterocycles. The number of ether oxygens (including phenoxy) is 2. The van der Waals surface area contributed by atoms with Crippen LogP contribution >= 0.6 is 11.8 Å². The van der Waals surface area contributed by atoms with Gasteiger partial charge in [-0.2, -0.15) is 0 Å². The van der Waals surface area contributed by atoms with Crippen molar-refractivity contribution in [3.05, 3.63) is 54.3 Å². The predicted octanol–water partition coefficient (Wildman–Crippen LogP) is 2.93. The zero-order valence-corrected chi connectivity index (χ0v) is 15.8. The first kappa shape index (κ1) is 20.6.